The first-order valence-electron chi connectivity index (χ1n) is 8.24. The van der Waals surface area contributed by atoms with Crippen LogP contribution in [0.25, 0.3) is 11.0 Å². The van der Waals surface area contributed by atoms with E-state index in [-0.39, 0.29) is 12.8 Å². The van der Waals surface area contributed by atoms with Crippen LogP contribution in [0.1, 0.15) is 12.6 Å². The molecular weight excluding hydrogens is 320 g/mol. The van der Waals surface area contributed by atoms with Crippen LogP contribution >= 0.6 is 0 Å². The molecule has 6 heteroatoms. The van der Waals surface area contributed by atoms with Crippen LogP contribution in [0.3, 0.4) is 0 Å². The van der Waals surface area contributed by atoms with Crippen LogP contribution < -0.4 is 14.8 Å². The molecule has 0 fully saturated rings. The van der Waals surface area contributed by atoms with Crippen molar-refractivity contribution in [3.63, 3.8) is 0 Å². The minimum atomic E-state index is -0.652. The number of para-hydroxylation sites is 1. The van der Waals surface area contributed by atoms with Crippen LogP contribution in [-0.2, 0) is 0 Å². The molecule has 0 aliphatic rings. The van der Waals surface area contributed by atoms with Crippen LogP contribution in [0, 0.1) is 6.92 Å². The molecule has 0 aliphatic heterocycles. The number of aryl methyl sites for hydroxylation is 1. The molecule has 6 nitrogen and oxygen atoms in total. The summed E-state index contributed by atoms with van der Waals surface area (Å²) in [6.07, 6.45) is -0.867. The molecule has 0 bridgehead atoms. The van der Waals surface area contributed by atoms with Gasteiger partial charge in [0, 0.05) is 11.9 Å². The first-order chi connectivity index (χ1) is 12.1. The highest BCUT2D eigenvalue weighted by Gasteiger charge is 2.10. The Kier molecular flexibility index (Phi) is 5.53. The van der Waals surface area contributed by atoms with Crippen molar-refractivity contribution in [1.82, 2.24) is 10.5 Å². The minimum absolute atomic E-state index is 0.181. The van der Waals surface area contributed by atoms with Gasteiger partial charge in [-0.25, -0.2) is 0 Å². The number of hydrogen-bond donors (Lipinski definition) is 2. The van der Waals surface area contributed by atoms with E-state index in [0.29, 0.717) is 12.3 Å². The lowest BCUT2D eigenvalue weighted by Crippen LogP contribution is -2.39. The molecule has 0 aliphatic carbocycles. The van der Waals surface area contributed by atoms with Crippen molar-refractivity contribution >= 4 is 11.0 Å². The van der Waals surface area contributed by atoms with Gasteiger partial charge in [0.1, 0.15) is 30.4 Å². The summed E-state index contributed by atoms with van der Waals surface area (Å²) in [5.41, 5.74) is 1.54. The number of nitrogens with zero attached hydrogens (tertiary/aromatic N) is 1. The van der Waals surface area contributed by atoms with E-state index in [0.717, 1.165) is 22.4 Å². The van der Waals surface area contributed by atoms with Gasteiger partial charge < -0.3 is 19.1 Å². The van der Waals surface area contributed by atoms with E-state index in [1.165, 1.54) is 0 Å². The Balaban J connectivity index is 1.44. The highest BCUT2D eigenvalue weighted by atomic mass is 16.5. The molecule has 0 saturated carbocycles. The number of ether oxygens (including phenoxy) is 2. The van der Waals surface area contributed by atoms with Gasteiger partial charge in [0.05, 0.1) is 5.69 Å². The number of fused-ring (bicyclic) bond motifs is 1. The Hall–Kier alpha value is -2.57. The molecular formula is C19H22N2O4. The van der Waals surface area contributed by atoms with Gasteiger partial charge >= 0.3 is 0 Å². The molecule has 2 atom stereocenters. The molecule has 132 valence electrons. The second-order valence-corrected chi connectivity index (χ2v) is 5.87. The van der Waals surface area contributed by atoms with Crippen molar-refractivity contribution in [3.05, 3.63) is 54.2 Å². The lowest BCUT2D eigenvalue weighted by molar-refractivity contribution is 0.0868. The zero-order chi connectivity index (χ0) is 17.6. The van der Waals surface area contributed by atoms with Crippen LogP contribution in [0.15, 0.2) is 53.1 Å². The molecule has 25 heavy (non-hydrogen) atoms. The van der Waals surface area contributed by atoms with E-state index in [4.69, 9.17) is 14.0 Å². The average Bonchev–Trinajstić information content (AvgIpc) is 3.00. The van der Waals surface area contributed by atoms with Crippen LogP contribution in [0.5, 0.6) is 11.5 Å². The van der Waals surface area contributed by atoms with Gasteiger partial charge in [0.25, 0.3) is 0 Å². The maximum Gasteiger partial charge on any atom is 0.167 e. The minimum Gasteiger partial charge on any atom is -0.491 e. The third kappa shape index (κ3) is 4.71. The topological polar surface area (TPSA) is 76.8 Å². The molecule has 2 N–H and O–H groups in total. The predicted molar refractivity (Wildman–Crippen MR) is 94.8 cm³/mol. The summed E-state index contributed by atoms with van der Waals surface area (Å²) in [7, 11) is 0. The van der Waals surface area contributed by atoms with Gasteiger partial charge in [-0.3, -0.25) is 5.32 Å². The van der Waals surface area contributed by atoms with E-state index in [1.54, 1.807) is 6.07 Å². The predicted octanol–water partition coefficient (Wildman–Crippen LogP) is 2.89. The molecule has 0 radical (unpaired) electrons. The lowest BCUT2D eigenvalue weighted by Gasteiger charge is -2.19. The van der Waals surface area contributed by atoms with Gasteiger partial charge in [0.15, 0.2) is 5.58 Å². The van der Waals surface area contributed by atoms with Crippen molar-refractivity contribution in [1.29, 1.82) is 0 Å². The monoisotopic (exact) mass is 342 g/mol. The van der Waals surface area contributed by atoms with Gasteiger partial charge in [-0.1, -0.05) is 23.4 Å². The fourth-order valence-electron chi connectivity index (χ4n) is 2.43. The second-order valence-electron chi connectivity index (χ2n) is 5.87. The number of nitrogens with one attached hydrogen (secondary N) is 1. The van der Waals surface area contributed by atoms with E-state index in [9.17, 15) is 5.11 Å². The Labute approximate surface area is 146 Å². The zero-order valence-corrected chi connectivity index (χ0v) is 14.3. The zero-order valence-electron chi connectivity index (χ0n) is 14.3. The Morgan fingerprint density at radius 3 is 2.76 bits per heavy atom. The van der Waals surface area contributed by atoms with E-state index >= 15 is 0 Å². The van der Waals surface area contributed by atoms with Crippen molar-refractivity contribution in [3.8, 4) is 11.5 Å². The summed E-state index contributed by atoms with van der Waals surface area (Å²) in [6, 6.07) is 15.0. The Morgan fingerprint density at radius 2 is 1.96 bits per heavy atom. The molecule has 0 saturated heterocycles. The smallest absolute Gasteiger partial charge is 0.167 e. The Morgan fingerprint density at radius 1 is 1.16 bits per heavy atom. The first kappa shape index (κ1) is 17.3. The second kappa shape index (κ2) is 8.00. The molecule has 1 heterocycles. The number of rotatable bonds is 8. The highest BCUT2D eigenvalue weighted by Crippen LogP contribution is 2.23. The average molecular weight is 342 g/mol. The fraction of sp³-hybridized carbons (Fsp3) is 0.316. The molecule has 2 unspecified atom stereocenters. The summed E-state index contributed by atoms with van der Waals surface area (Å²) in [4.78, 5) is 0. The number of aliphatic hydroxyl groups excluding tert-OH is 1. The highest BCUT2D eigenvalue weighted by molar-refractivity contribution is 5.80. The van der Waals surface area contributed by atoms with E-state index in [1.807, 2.05) is 56.3 Å². The van der Waals surface area contributed by atoms with Gasteiger partial charge in [0.2, 0.25) is 0 Å². The number of benzene rings is 2. The standard InChI is InChI=1S/C19H22N2O4/c1-13-18-10-17(8-9-19(18)25-21-13)23-12-15(22)11-20-14(2)24-16-6-4-3-5-7-16/h3-10,14-15,20,22H,11-12H2,1-2H3. The fourth-order valence-corrected chi connectivity index (χ4v) is 2.43. The number of aliphatic hydroxyl groups is 1. The van der Waals surface area contributed by atoms with Gasteiger partial charge in [-0.05, 0) is 44.2 Å². The summed E-state index contributed by atoms with van der Waals surface area (Å²) >= 11 is 0. The van der Waals surface area contributed by atoms with Crippen LogP contribution in [0.2, 0.25) is 0 Å². The first-order valence-corrected chi connectivity index (χ1v) is 8.24. The third-order valence-corrected chi connectivity index (χ3v) is 3.76. The summed E-state index contributed by atoms with van der Waals surface area (Å²) in [6.45, 7) is 4.31. The molecule has 3 aromatic rings. The van der Waals surface area contributed by atoms with Gasteiger partial charge in [-0.15, -0.1) is 0 Å². The molecule has 3 rings (SSSR count). The van der Waals surface area contributed by atoms with Crippen molar-refractivity contribution in [2.75, 3.05) is 13.2 Å². The maximum atomic E-state index is 10.1. The third-order valence-electron chi connectivity index (χ3n) is 3.76. The number of aromatic nitrogens is 1. The van der Waals surface area contributed by atoms with E-state index in [2.05, 4.69) is 10.5 Å². The SMILES string of the molecule is Cc1noc2ccc(OCC(O)CNC(C)Oc3ccccc3)cc12. The quantitative estimate of drug-likeness (QED) is 0.613. The van der Waals surface area contributed by atoms with Crippen LogP contribution in [-0.4, -0.2) is 35.7 Å². The van der Waals surface area contributed by atoms with E-state index < -0.39 is 6.10 Å². The van der Waals surface area contributed by atoms with Crippen molar-refractivity contribution < 1.29 is 19.1 Å². The van der Waals surface area contributed by atoms with Crippen molar-refractivity contribution in [2.45, 2.75) is 26.2 Å². The molecule has 1 aromatic heterocycles. The normalized spacial score (nSPS) is 13.6. The molecule has 0 amide bonds. The number of hydrogen-bond acceptors (Lipinski definition) is 6. The molecule has 0 spiro atoms. The van der Waals surface area contributed by atoms with Crippen LogP contribution in [0.4, 0.5) is 0 Å². The molecule has 2 aromatic carbocycles. The summed E-state index contributed by atoms with van der Waals surface area (Å²) in [5.74, 6) is 1.46. The van der Waals surface area contributed by atoms with Crippen molar-refractivity contribution in [2.24, 2.45) is 0 Å². The van der Waals surface area contributed by atoms with Gasteiger partial charge in [-0.2, -0.15) is 0 Å². The largest absolute Gasteiger partial charge is 0.491 e. The summed E-state index contributed by atoms with van der Waals surface area (Å²) < 4.78 is 16.5. The lowest BCUT2D eigenvalue weighted by atomic mass is 10.2. The maximum absolute atomic E-state index is 10.1. The summed E-state index contributed by atoms with van der Waals surface area (Å²) in [5, 5.41) is 18.0. The Bertz CT molecular complexity index is 804.